The highest BCUT2D eigenvalue weighted by atomic mass is 16.5. The Kier molecular flexibility index (Phi) is 20.6. The fraction of sp³-hybridized carbons (Fsp3) is 0.0159. The van der Waals surface area contributed by atoms with Gasteiger partial charge in [-0.2, -0.15) is 0 Å². The smallest absolute Gasteiger partial charge is 0.137 e. The third-order valence-corrected chi connectivity index (χ3v) is 26.4. The molecule has 0 spiro atoms. The van der Waals surface area contributed by atoms with Crippen LogP contribution in [0, 0.1) is 0 Å². The van der Waals surface area contributed by atoms with Gasteiger partial charge in [0.25, 0.3) is 0 Å². The van der Waals surface area contributed by atoms with E-state index in [0.717, 1.165) is 158 Å². The molecular formula is C126H88N4O3. The van der Waals surface area contributed by atoms with Crippen molar-refractivity contribution in [3.8, 4) is 67.5 Å². The average molecular weight is 1710 g/mol. The summed E-state index contributed by atoms with van der Waals surface area (Å²) in [6.45, 7) is 7.87. The number of furan rings is 1. The third-order valence-electron chi connectivity index (χ3n) is 26.4. The summed E-state index contributed by atoms with van der Waals surface area (Å²) in [4.78, 5) is 9.37. The number of ether oxygens (including phenoxy) is 2. The van der Waals surface area contributed by atoms with Crippen molar-refractivity contribution in [2.45, 2.75) is 10.8 Å². The van der Waals surface area contributed by atoms with E-state index in [2.05, 4.69) is 482 Å². The van der Waals surface area contributed by atoms with Crippen LogP contribution in [-0.2, 0) is 10.8 Å². The lowest BCUT2D eigenvalue weighted by atomic mass is 9.67. The minimum atomic E-state index is -0.649. The van der Waals surface area contributed by atoms with Crippen molar-refractivity contribution >= 4 is 102 Å². The van der Waals surface area contributed by atoms with Gasteiger partial charge < -0.3 is 33.5 Å². The van der Waals surface area contributed by atoms with Crippen molar-refractivity contribution in [3.05, 3.63) is 566 Å². The van der Waals surface area contributed by atoms with Crippen LogP contribution in [0.5, 0.6) is 23.0 Å². The minimum absolute atomic E-state index is 0.649. The lowest BCUT2D eigenvalue weighted by molar-refractivity contribution is 0.482. The van der Waals surface area contributed by atoms with E-state index < -0.39 is 10.8 Å². The fourth-order valence-corrected chi connectivity index (χ4v) is 20.3. The Balaban J connectivity index is 0.524. The van der Waals surface area contributed by atoms with Crippen LogP contribution < -0.4 is 29.1 Å². The topological polar surface area (TPSA) is 44.6 Å². The Hall–Kier alpha value is -17.5. The molecule has 0 saturated heterocycles. The number of para-hydroxylation sites is 4. The Morgan fingerprint density at radius 1 is 0.195 bits per heavy atom. The van der Waals surface area contributed by atoms with E-state index in [0.29, 0.717) is 0 Å². The molecule has 1 heterocycles. The summed E-state index contributed by atoms with van der Waals surface area (Å²) in [5.74, 6) is 3.07. The second-order valence-corrected chi connectivity index (χ2v) is 33.9. The van der Waals surface area contributed by atoms with Crippen LogP contribution in [0.1, 0.15) is 55.6 Å². The fourth-order valence-electron chi connectivity index (χ4n) is 20.3. The first-order chi connectivity index (χ1) is 65.8. The van der Waals surface area contributed by atoms with Gasteiger partial charge in [-0.25, -0.2) is 0 Å². The number of hydrogen-bond donors (Lipinski definition) is 0. The first-order valence-electron chi connectivity index (χ1n) is 45.2. The van der Waals surface area contributed by atoms with Crippen LogP contribution in [0.25, 0.3) is 78.6 Å². The van der Waals surface area contributed by atoms with Crippen LogP contribution in [0.3, 0.4) is 0 Å². The SMILES string of the molecule is C=Cc1ccc(Oc2ccc(C3(c4ccccc4)c4ccccc4-c4ccc(N(c5ccccc5)c5ccc(-c6ccc(N(c7ccccc7)c7ccc8c(c7)oc7cc(N(c9ccccc9)c9ccc(-c%10ccc(N(c%11ccccc%11)c%11ccc%12c(c%11)C(c%11ccccc%11)(c%11ccc(Oc%13ccc(C=C)cc%13)cc%11)c%11ccccc%11-%12)cc%10)cc9)ccc78)cc6)cc5)cc43)cc2)cc1. The van der Waals surface area contributed by atoms with Crippen molar-refractivity contribution in [2.24, 2.45) is 0 Å². The molecule has 21 aromatic rings. The Bertz CT molecular complexity index is 7370. The Morgan fingerprint density at radius 2 is 0.429 bits per heavy atom. The molecule has 0 amide bonds. The standard InChI is InChI=1S/C126H88N4O3/c1-3-87-43-71-109(72-44-87)131-111-75-55-95(56-76-111)125(93-27-11-5-12-28-93)119-41-25-23-39-113(119)115-79-67-105(83-121(115)125)127(97-31-15-7-16-32-97)101-59-47-89(48-60-101)91-51-63-103(64-52-91)129(99-35-19-9-20-36-99)107-69-81-117-118-82-70-108(86-124(118)133-123(117)85-107)130(100-37-21-10-22-38-100)104-65-53-92(54-66-104)90-49-61-102(62-50-90)128(98-33-17-8-18-34-98)106-68-80-116-114-40-24-26-42-120(114)126(122(116)84-106,94-29-13-6-14-30-94)96-57-77-112(78-58-96)132-110-73-45-88(4-2)46-74-110/h3-86H,1-2H2. The average Bonchev–Trinajstić information content (AvgIpc) is 1.54. The predicted molar refractivity (Wildman–Crippen MR) is 551 cm³/mol. The van der Waals surface area contributed by atoms with Crippen molar-refractivity contribution in [2.75, 3.05) is 19.6 Å². The van der Waals surface area contributed by atoms with Gasteiger partial charge in [-0.1, -0.05) is 316 Å². The molecule has 7 heteroatoms. The van der Waals surface area contributed by atoms with E-state index in [-0.39, 0.29) is 0 Å². The van der Waals surface area contributed by atoms with E-state index in [9.17, 15) is 0 Å². The molecule has 7 nitrogen and oxygen atoms in total. The van der Waals surface area contributed by atoms with Crippen molar-refractivity contribution in [3.63, 3.8) is 0 Å². The molecule has 2 aliphatic rings. The molecule has 133 heavy (non-hydrogen) atoms. The maximum absolute atomic E-state index is 7.03. The summed E-state index contributed by atoms with van der Waals surface area (Å²) in [6.07, 6.45) is 3.69. The van der Waals surface area contributed by atoms with Gasteiger partial charge in [-0.05, 0) is 294 Å². The van der Waals surface area contributed by atoms with Gasteiger partial charge in [0.05, 0.1) is 10.8 Å². The summed E-state index contributed by atoms with van der Waals surface area (Å²) < 4.78 is 19.9. The van der Waals surface area contributed by atoms with E-state index in [4.69, 9.17) is 13.9 Å². The first-order valence-corrected chi connectivity index (χ1v) is 45.2. The van der Waals surface area contributed by atoms with Gasteiger partial charge in [0.1, 0.15) is 34.2 Å². The van der Waals surface area contributed by atoms with Gasteiger partial charge in [-0.15, -0.1) is 0 Å². The quantitative estimate of drug-likeness (QED) is 0.0597. The van der Waals surface area contributed by atoms with E-state index in [1.54, 1.807) is 0 Å². The molecule has 2 atom stereocenters. The summed E-state index contributed by atoms with van der Waals surface area (Å²) in [5.41, 5.74) is 33.6. The van der Waals surface area contributed by atoms with Crippen LogP contribution in [-0.4, -0.2) is 0 Å². The molecule has 23 rings (SSSR count). The molecular weight excluding hydrogens is 1620 g/mol. The lowest BCUT2D eigenvalue weighted by Gasteiger charge is -2.35. The van der Waals surface area contributed by atoms with Crippen molar-refractivity contribution in [1.29, 1.82) is 0 Å². The molecule has 0 fully saturated rings. The zero-order valence-electron chi connectivity index (χ0n) is 72.9. The summed E-state index contributed by atoms with van der Waals surface area (Å²) in [6, 6.07) is 179. The second-order valence-electron chi connectivity index (χ2n) is 33.9. The second kappa shape index (κ2) is 34.2. The summed E-state index contributed by atoms with van der Waals surface area (Å²) >= 11 is 0. The van der Waals surface area contributed by atoms with E-state index in [1.165, 1.54) is 55.6 Å². The first kappa shape index (κ1) is 80.1. The molecule has 0 aliphatic heterocycles. The maximum Gasteiger partial charge on any atom is 0.137 e. The van der Waals surface area contributed by atoms with Crippen LogP contribution >= 0.6 is 0 Å². The highest BCUT2D eigenvalue weighted by molar-refractivity contribution is 6.08. The van der Waals surface area contributed by atoms with E-state index >= 15 is 0 Å². The van der Waals surface area contributed by atoms with Gasteiger partial charge >= 0.3 is 0 Å². The van der Waals surface area contributed by atoms with E-state index in [1.807, 2.05) is 60.7 Å². The number of rotatable bonds is 24. The highest BCUT2D eigenvalue weighted by Gasteiger charge is 2.48. The zero-order valence-corrected chi connectivity index (χ0v) is 72.9. The molecule has 0 N–H and O–H groups in total. The number of benzene rings is 20. The molecule has 0 saturated carbocycles. The van der Waals surface area contributed by atoms with Crippen LogP contribution in [0.2, 0.25) is 0 Å². The minimum Gasteiger partial charge on any atom is -0.457 e. The molecule has 0 radical (unpaired) electrons. The molecule has 0 bridgehead atoms. The van der Waals surface area contributed by atoms with Gasteiger partial charge in [-0.3, -0.25) is 0 Å². The summed E-state index contributed by atoms with van der Waals surface area (Å²) in [7, 11) is 0. The monoisotopic (exact) mass is 1700 g/mol. The summed E-state index contributed by atoms with van der Waals surface area (Å²) in [5, 5.41) is 2.08. The van der Waals surface area contributed by atoms with Gasteiger partial charge in [0.15, 0.2) is 0 Å². The maximum atomic E-state index is 7.03. The van der Waals surface area contributed by atoms with Gasteiger partial charge in [0, 0.05) is 91.2 Å². The highest BCUT2D eigenvalue weighted by Crippen LogP contribution is 2.60. The zero-order chi connectivity index (χ0) is 88.8. The number of hydrogen-bond acceptors (Lipinski definition) is 7. The molecule has 2 aliphatic carbocycles. The largest absolute Gasteiger partial charge is 0.457 e. The number of anilines is 12. The van der Waals surface area contributed by atoms with Crippen LogP contribution in [0.15, 0.2) is 515 Å². The third kappa shape index (κ3) is 14.5. The van der Waals surface area contributed by atoms with Crippen molar-refractivity contribution < 1.29 is 13.9 Å². The van der Waals surface area contributed by atoms with Crippen molar-refractivity contribution in [1.82, 2.24) is 0 Å². The molecule has 20 aromatic carbocycles. The molecule has 630 valence electrons. The van der Waals surface area contributed by atoms with Gasteiger partial charge in [0.2, 0.25) is 0 Å². The molecule has 2 unspecified atom stereocenters. The lowest BCUT2D eigenvalue weighted by Crippen LogP contribution is -2.28. The van der Waals surface area contributed by atoms with Crippen LogP contribution in [0.4, 0.5) is 68.2 Å². The number of nitrogens with zero attached hydrogens (tertiary/aromatic N) is 4. The Morgan fingerprint density at radius 3 is 0.729 bits per heavy atom. The molecule has 1 aromatic heterocycles. The predicted octanol–water partition coefficient (Wildman–Crippen LogP) is 34.4. The number of fused-ring (bicyclic) bond motifs is 9. The Labute approximate surface area is 775 Å². The normalized spacial score (nSPS) is 13.8.